The first-order valence-corrected chi connectivity index (χ1v) is 6.05. The van der Waals surface area contributed by atoms with Crippen LogP contribution in [0.5, 0.6) is 11.5 Å². The number of hydrogen-bond donors (Lipinski definition) is 1. The van der Waals surface area contributed by atoms with Crippen LogP contribution in [0.4, 0.5) is 0 Å². The molecule has 0 unspecified atom stereocenters. The van der Waals surface area contributed by atoms with Crippen molar-refractivity contribution in [1.29, 1.82) is 0 Å². The van der Waals surface area contributed by atoms with Crippen LogP contribution in [0.3, 0.4) is 0 Å². The third-order valence-electron chi connectivity index (χ3n) is 3.52. The molecule has 1 aliphatic carbocycles. The van der Waals surface area contributed by atoms with Gasteiger partial charge in [-0.2, -0.15) is 0 Å². The summed E-state index contributed by atoms with van der Waals surface area (Å²) < 4.78 is 10.4. The molecule has 0 saturated heterocycles. The van der Waals surface area contributed by atoms with Crippen molar-refractivity contribution in [3.63, 3.8) is 0 Å². The Bertz CT molecular complexity index is 421. The lowest BCUT2D eigenvalue weighted by molar-refractivity contribution is -0.125. The Labute approximate surface area is 107 Å². The predicted octanol–water partition coefficient (Wildman–Crippen LogP) is 2.03. The molecule has 1 fully saturated rings. The zero-order chi connectivity index (χ0) is 13.2. The van der Waals surface area contributed by atoms with E-state index in [1.54, 1.807) is 32.4 Å². The van der Waals surface area contributed by atoms with E-state index in [1.165, 1.54) is 0 Å². The van der Waals surface area contributed by atoms with Crippen molar-refractivity contribution in [2.75, 3.05) is 14.2 Å². The number of carbonyl (C=O) groups is 1. The number of carbonyl (C=O) groups excluding carboxylic acids is 1. The maximum Gasteiger partial charge on any atom is 0.133 e. The van der Waals surface area contributed by atoms with Gasteiger partial charge in [-0.05, 0) is 30.5 Å². The minimum Gasteiger partial charge on any atom is -0.497 e. The van der Waals surface area contributed by atoms with E-state index < -0.39 is 5.60 Å². The van der Waals surface area contributed by atoms with Gasteiger partial charge in [-0.25, -0.2) is 0 Å². The van der Waals surface area contributed by atoms with Crippen molar-refractivity contribution in [2.24, 2.45) is 0 Å². The van der Waals surface area contributed by atoms with Gasteiger partial charge in [-0.3, -0.25) is 4.79 Å². The van der Waals surface area contributed by atoms with Gasteiger partial charge in [0.25, 0.3) is 0 Å². The van der Waals surface area contributed by atoms with E-state index in [2.05, 4.69) is 0 Å². The number of Topliss-reactive ketones (excluding diaryl/α,β-unsaturated/α-hetero) is 1. The van der Waals surface area contributed by atoms with Gasteiger partial charge < -0.3 is 14.6 Å². The predicted molar refractivity (Wildman–Crippen MR) is 66.9 cm³/mol. The van der Waals surface area contributed by atoms with E-state index in [1.807, 2.05) is 0 Å². The van der Waals surface area contributed by atoms with Crippen LogP contribution >= 0.6 is 0 Å². The van der Waals surface area contributed by atoms with Crippen molar-refractivity contribution >= 4 is 5.78 Å². The average molecular weight is 250 g/mol. The van der Waals surface area contributed by atoms with E-state index in [9.17, 15) is 9.90 Å². The Balaban J connectivity index is 2.34. The van der Waals surface area contributed by atoms with E-state index in [0.717, 1.165) is 5.56 Å². The number of rotatable bonds is 3. The summed E-state index contributed by atoms with van der Waals surface area (Å²) in [6, 6.07) is 5.37. The Morgan fingerprint density at radius 2 is 1.56 bits per heavy atom. The Hall–Kier alpha value is -1.55. The molecule has 4 heteroatoms. The molecule has 4 nitrogen and oxygen atoms in total. The summed E-state index contributed by atoms with van der Waals surface area (Å²) in [5, 5.41) is 10.6. The summed E-state index contributed by atoms with van der Waals surface area (Å²) in [7, 11) is 3.15. The second kappa shape index (κ2) is 4.98. The third kappa shape index (κ3) is 2.48. The van der Waals surface area contributed by atoms with Crippen LogP contribution in [0.1, 0.15) is 31.2 Å². The zero-order valence-electron chi connectivity index (χ0n) is 10.7. The Morgan fingerprint density at radius 1 is 1.06 bits per heavy atom. The van der Waals surface area contributed by atoms with Crippen LogP contribution in [0.2, 0.25) is 0 Å². The van der Waals surface area contributed by atoms with Crippen molar-refractivity contribution in [2.45, 2.75) is 31.3 Å². The number of ketones is 1. The molecule has 0 spiro atoms. The van der Waals surface area contributed by atoms with Crippen LogP contribution in [0.15, 0.2) is 18.2 Å². The molecular weight excluding hydrogens is 232 g/mol. The lowest BCUT2D eigenvalue weighted by atomic mass is 9.79. The van der Waals surface area contributed by atoms with Crippen LogP contribution in [-0.4, -0.2) is 25.1 Å². The van der Waals surface area contributed by atoms with Crippen molar-refractivity contribution < 1.29 is 19.4 Å². The van der Waals surface area contributed by atoms with Crippen molar-refractivity contribution in [1.82, 2.24) is 0 Å². The minimum atomic E-state index is -0.949. The van der Waals surface area contributed by atoms with Gasteiger partial charge in [0, 0.05) is 18.9 Å². The molecule has 0 radical (unpaired) electrons. The van der Waals surface area contributed by atoms with Crippen LogP contribution in [0, 0.1) is 0 Å². The lowest BCUT2D eigenvalue weighted by Gasteiger charge is -2.32. The van der Waals surface area contributed by atoms with Gasteiger partial charge in [-0.1, -0.05) is 0 Å². The fourth-order valence-corrected chi connectivity index (χ4v) is 2.31. The maximum atomic E-state index is 11.3. The van der Waals surface area contributed by atoms with Crippen LogP contribution in [-0.2, 0) is 10.4 Å². The van der Waals surface area contributed by atoms with Crippen LogP contribution < -0.4 is 9.47 Å². The molecular formula is C14H18O4. The molecule has 1 aromatic carbocycles. The molecule has 18 heavy (non-hydrogen) atoms. The molecule has 1 aliphatic rings. The molecule has 1 aromatic rings. The highest BCUT2D eigenvalue weighted by Crippen LogP contribution is 2.38. The molecule has 0 atom stereocenters. The quantitative estimate of drug-likeness (QED) is 0.891. The Morgan fingerprint density at radius 3 is 2.00 bits per heavy atom. The second-order valence-corrected chi connectivity index (χ2v) is 4.67. The molecule has 1 N–H and O–H groups in total. The maximum absolute atomic E-state index is 11.3. The summed E-state index contributed by atoms with van der Waals surface area (Å²) in [5.41, 5.74) is -0.193. The first-order chi connectivity index (χ1) is 8.57. The highest BCUT2D eigenvalue weighted by molar-refractivity contribution is 5.79. The molecule has 0 heterocycles. The largest absolute Gasteiger partial charge is 0.497 e. The SMILES string of the molecule is COc1cc(OC)cc(C2(O)CCC(=O)CC2)c1. The first kappa shape index (κ1) is 12.9. The fraction of sp³-hybridized carbons (Fsp3) is 0.500. The Kier molecular flexibility index (Phi) is 3.57. The highest BCUT2D eigenvalue weighted by atomic mass is 16.5. The topological polar surface area (TPSA) is 55.8 Å². The summed E-state index contributed by atoms with van der Waals surface area (Å²) in [5.74, 6) is 1.51. The molecule has 0 aromatic heterocycles. The van der Waals surface area contributed by atoms with E-state index in [-0.39, 0.29) is 5.78 Å². The summed E-state index contributed by atoms with van der Waals surface area (Å²) in [6.45, 7) is 0. The number of aliphatic hydroxyl groups is 1. The van der Waals surface area contributed by atoms with Crippen molar-refractivity contribution in [3.8, 4) is 11.5 Å². The number of ether oxygens (including phenoxy) is 2. The highest BCUT2D eigenvalue weighted by Gasteiger charge is 2.34. The monoisotopic (exact) mass is 250 g/mol. The third-order valence-corrected chi connectivity index (χ3v) is 3.52. The molecule has 2 rings (SSSR count). The normalized spacial score (nSPS) is 18.5. The fourth-order valence-electron chi connectivity index (χ4n) is 2.31. The number of benzene rings is 1. The summed E-state index contributed by atoms with van der Waals surface area (Å²) in [4.78, 5) is 11.3. The molecule has 0 bridgehead atoms. The second-order valence-electron chi connectivity index (χ2n) is 4.67. The van der Waals surface area contributed by atoms with Gasteiger partial charge in [0.15, 0.2) is 0 Å². The molecule has 0 amide bonds. The van der Waals surface area contributed by atoms with Gasteiger partial charge in [0.1, 0.15) is 17.3 Å². The van der Waals surface area contributed by atoms with Gasteiger partial charge >= 0.3 is 0 Å². The van der Waals surface area contributed by atoms with E-state index in [4.69, 9.17) is 9.47 Å². The van der Waals surface area contributed by atoms with E-state index >= 15 is 0 Å². The average Bonchev–Trinajstić information content (AvgIpc) is 2.41. The molecule has 1 saturated carbocycles. The van der Waals surface area contributed by atoms with Gasteiger partial charge in [-0.15, -0.1) is 0 Å². The van der Waals surface area contributed by atoms with Crippen LogP contribution in [0.25, 0.3) is 0 Å². The number of methoxy groups -OCH3 is 2. The molecule has 98 valence electrons. The zero-order valence-corrected chi connectivity index (χ0v) is 10.7. The lowest BCUT2D eigenvalue weighted by Crippen LogP contribution is -2.31. The van der Waals surface area contributed by atoms with Crippen molar-refractivity contribution in [3.05, 3.63) is 23.8 Å². The first-order valence-electron chi connectivity index (χ1n) is 6.05. The van der Waals surface area contributed by atoms with Gasteiger partial charge in [0.2, 0.25) is 0 Å². The number of hydrogen-bond acceptors (Lipinski definition) is 4. The summed E-state index contributed by atoms with van der Waals surface area (Å²) in [6.07, 6.45) is 1.77. The van der Waals surface area contributed by atoms with E-state index in [0.29, 0.717) is 37.2 Å². The minimum absolute atomic E-state index is 0.217. The standard InChI is InChI=1S/C14H18O4/c1-17-12-7-10(8-13(9-12)18-2)14(16)5-3-11(15)4-6-14/h7-9,16H,3-6H2,1-2H3. The molecule has 0 aliphatic heterocycles. The van der Waals surface area contributed by atoms with Gasteiger partial charge in [0.05, 0.1) is 19.8 Å². The summed E-state index contributed by atoms with van der Waals surface area (Å²) >= 11 is 0. The smallest absolute Gasteiger partial charge is 0.133 e.